The standard InChI is InChI=1S/C26H38N2O6S/c27-35(32,33)20-10-7-9-19(18-20)8-3-6-17-34-16-5-2-1-4-15-28-23-13-11-22-21(25(23)30)12-14-24(29)26(22)31/h7,9-10,12,14,18,23,25,28-31H,1-6,8,11,13,15-17H2,(H2,27,32,33)/t23-,25-/m1/s1. The van der Waals surface area contributed by atoms with E-state index in [9.17, 15) is 23.7 Å². The first-order valence-corrected chi connectivity index (χ1v) is 14.0. The lowest BCUT2D eigenvalue weighted by molar-refractivity contribution is 0.113. The normalized spacial score (nSPS) is 17.9. The first-order valence-electron chi connectivity index (χ1n) is 12.4. The average Bonchev–Trinajstić information content (AvgIpc) is 2.83. The number of primary sulfonamides is 1. The number of hydrogen-bond acceptors (Lipinski definition) is 7. The van der Waals surface area contributed by atoms with Crippen LogP contribution in [0.4, 0.5) is 0 Å². The minimum Gasteiger partial charge on any atom is -0.504 e. The van der Waals surface area contributed by atoms with E-state index in [1.807, 2.05) is 6.07 Å². The van der Waals surface area contributed by atoms with Crippen molar-refractivity contribution in [3.8, 4) is 11.5 Å². The van der Waals surface area contributed by atoms with Gasteiger partial charge in [0.05, 0.1) is 11.0 Å². The zero-order valence-electron chi connectivity index (χ0n) is 20.2. The van der Waals surface area contributed by atoms with Gasteiger partial charge in [0.15, 0.2) is 11.5 Å². The third kappa shape index (κ3) is 8.18. The van der Waals surface area contributed by atoms with Crippen LogP contribution >= 0.6 is 0 Å². The van der Waals surface area contributed by atoms with E-state index < -0.39 is 16.1 Å². The number of nitrogens with two attached hydrogens (primary N) is 1. The highest BCUT2D eigenvalue weighted by Crippen LogP contribution is 2.39. The Hall–Kier alpha value is -2.17. The number of benzene rings is 2. The lowest BCUT2D eigenvalue weighted by Crippen LogP contribution is -2.38. The second kappa shape index (κ2) is 13.2. The number of aromatic hydroxyl groups is 2. The monoisotopic (exact) mass is 506 g/mol. The molecule has 2 aromatic carbocycles. The molecule has 0 amide bonds. The van der Waals surface area contributed by atoms with Gasteiger partial charge in [-0.25, -0.2) is 13.6 Å². The van der Waals surface area contributed by atoms with Crippen LogP contribution in [-0.2, 0) is 27.6 Å². The molecule has 0 radical (unpaired) electrons. The summed E-state index contributed by atoms with van der Waals surface area (Å²) in [6, 6.07) is 9.85. The molecule has 0 aromatic heterocycles. The van der Waals surface area contributed by atoms with Gasteiger partial charge in [0.2, 0.25) is 10.0 Å². The number of nitrogens with one attached hydrogen (secondary N) is 1. The lowest BCUT2D eigenvalue weighted by Gasteiger charge is -2.31. The van der Waals surface area contributed by atoms with Gasteiger partial charge in [-0.15, -0.1) is 0 Å². The summed E-state index contributed by atoms with van der Waals surface area (Å²) in [5.41, 5.74) is 2.30. The summed E-state index contributed by atoms with van der Waals surface area (Å²) in [5.74, 6) is -0.253. The van der Waals surface area contributed by atoms with E-state index in [0.29, 0.717) is 24.2 Å². The molecular formula is C26H38N2O6S. The predicted octanol–water partition coefficient (Wildman–Crippen LogP) is 3.28. The van der Waals surface area contributed by atoms with Crippen molar-refractivity contribution in [2.24, 2.45) is 5.14 Å². The second-order valence-electron chi connectivity index (χ2n) is 9.22. The van der Waals surface area contributed by atoms with Crippen LogP contribution in [0.15, 0.2) is 41.3 Å². The van der Waals surface area contributed by atoms with Gasteiger partial charge in [0, 0.05) is 24.8 Å². The zero-order valence-corrected chi connectivity index (χ0v) is 21.0. The largest absolute Gasteiger partial charge is 0.504 e. The molecule has 1 aliphatic rings. The summed E-state index contributed by atoms with van der Waals surface area (Å²) in [4.78, 5) is 0.156. The van der Waals surface area contributed by atoms with E-state index in [1.54, 1.807) is 18.2 Å². The number of fused-ring (bicyclic) bond motifs is 1. The summed E-state index contributed by atoms with van der Waals surface area (Å²) in [7, 11) is -3.66. The Morgan fingerprint density at radius 3 is 2.51 bits per heavy atom. The molecule has 8 nitrogen and oxygen atoms in total. The van der Waals surface area contributed by atoms with Crippen LogP contribution in [0.5, 0.6) is 11.5 Å². The van der Waals surface area contributed by atoms with Crippen molar-refractivity contribution < 1.29 is 28.5 Å². The summed E-state index contributed by atoms with van der Waals surface area (Å²) in [5, 5.41) is 38.8. The molecule has 0 fully saturated rings. The lowest BCUT2D eigenvalue weighted by atomic mass is 9.85. The first kappa shape index (κ1) is 27.4. The number of ether oxygens (including phenoxy) is 1. The third-order valence-corrected chi connectivity index (χ3v) is 7.47. The van der Waals surface area contributed by atoms with Crippen LogP contribution in [0.1, 0.15) is 67.7 Å². The van der Waals surface area contributed by atoms with Gasteiger partial charge in [0.1, 0.15) is 0 Å². The molecule has 0 bridgehead atoms. The van der Waals surface area contributed by atoms with E-state index in [4.69, 9.17) is 9.88 Å². The fraction of sp³-hybridized carbons (Fsp3) is 0.538. The SMILES string of the molecule is NS(=O)(=O)c1cccc(CCCCOCCCCCCN[C@@H]2CCc3c(ccc(O)c3O)[C@H]2O)c1. The first-order chi connectivity index (χ1) is 16.8. The van der Waals surface area contributed by atoms with Gasteiger partial charge >= 0.3 is 0 Å². The number of rotatable bonds is 14. The maximum atomic E-state index is 11.4. The van der Waals surface area contributed by atoms with Crippen LogP contribution in [0, 0.1) is 0 Å². The Bertz CT molecular complexity index is 1060. The molecule has 6 N–H and O–H groups in total. The number of phenols is 2. The molecule has 194 valence electrons. The van der Waals surface area contributed by atoms with Crippen LogP contribution in [0.25, 0.3) is 0 Å². The van der Waals surface area contributed by atoms with E-state index in [0.717, 1.165) is 70.1 Å². The topological polar surface area (TPSA) is 142 Å². The fourth-order valence-electron chi connectivity index (χ4n) is 4.55. The van der Waals surface area contributed by atoms with Crippen molar-refractivity contribution in [1.82, 2.24) is 5.32 Å². The minimum absolute atomic E-state index is 0.0445. The van der Waals surface area contributed by atoms with E-state index in [2.05, 4.69) is 5.32 Å². The Labute approximate surface area is 208 Å². The highest BCUT2D eigenvalue weighted by atomic mass is 32.2. The maximum Gasteiger partial charge on any atom is 0.238 e. The van der Waals surface area contributed by atoms with Gasteiger partial charge in [0.25, 0.3) is 0 Å². The summed E-state index contributed by atoms with van der Waals surface area (Å²) < 4.78 is 28.6. The van der Waals surface area contributed by atoms with Crippen LogP contribution in [-0.4, -0.2) is 49.5 Å². The number of aliphatic hydroxyl groups is 1. The molecule has 0 saturated carbocycles. The highest BCUT2D eigenvalue weighted by Gasteiger charge is 2.29. The van der Waals surface area contributed by atoms with Crippen molar-refractivity contribution >= 4 is 10.0 Å². The Morgan fingerprint density at radius 1 is 1.00 bits per heavy atom. The fourth-order valence-corrected chi connectivity index (χ4v) is 5.13. The maximum absolute atomic E-state index is 11.4. The Balaban J connectivity index is 1.19. The van der Waals surface area contributed by atoms with E-state index >= 15 is 0 Å². The van der Waals surface area contributed by atoms with Crippen molar-refractivity contribution in [1.29, 1.82) is 0 Å². The van der Waals surface area contributed by atoms with Gasteiger partial charge in [-0.2, -0.15) is 0 Å². The number of sulfonamides is 1. The van der Waals surface area contributed by atoms with Gasteiger partial charge in [-0.05, 0) is 80.8 Å². The van der Waals surface area contributed by atoms with Crippen molar-refractivity contribution in [2.75, 3.05) is 19.8 Å². The molecule has 2 aromatic rings. The minimum atomic E-state index is -3.66. The molecule has 35 heavy (non-hydrogen) atoms. The van der Waals surface area contributed by atoms with Crippen LogP contribution < -0.4 is 10.5 Å². The van der Waals surface area contributed by atoms with E-state index in [1.165, 1.54) is 12.1 Å². The highest BCUT2D eigenvalue weighted by molar-refractivity contribution is 7.89. The molecule has 0 heterocycles. The average molecular weight is 507 g/mol. The Kier molecular flexibility index (Phi) is 10.4. The molecular weight excluding hydrogens is 468 g/mol. The summed E-state index contributed by atoms with van der Waals surface area (Å²) in [6.07, 6.45) is 7.52. The molecule has 1 aliphatic carbocycles. The smallest absolute Gasteiger partial charge is 0.238 e. The predicted molar refractivity (Wildman–Crippen MR) is 135 cm³/mol. The molecule has 0 spiro atoms. The van der Waals surface area contributed by atoms with Crippen molar-refractivity contribution in [3.63, 3.8) is 0 Å². The molecule has 0 saturated heterocycles. The summed E-state index contributed by atoms with van der Waals surface area (Å²) in [6.45, 7) is 2.27. The van der Waals surface area contributed by atoms with Crippen LogP contribution in [0.3, 0.4) is 0 Å². The molecule has 0 aliphatic heterocycles. The molecule has 0 unspecified atom stereocenters. The van der Waals surface area contributed by atoms with Crippen molar-refractivity contribution in [3.05, 3.63) is 53.1 Å². The molecule has 3 rings (SSSR count). The number of aliphatic hydroxyl groups excluding tert-OH is 1. The number of phenolic OH excluding ortho intramolecular Hbond substituents is 2. The molecule has 2 atom stereocenters. The van der Waals surface area contributed by atoms with Gasteiger partial charge < -0.3 is 25.4 Å². The third-order valence-electron chi connectivity index (χ3n) is 6.56. The molecule has 9 heteroatoms. The quantitative estimate of drug-likeness (QED) is 0.195. The number of unbranched alkanes of at least 4 members (excludes halogenated alkanes) is 4. The van der Waals surface area contributed by atoms with E-state index in [-0.39, 0.29) is 22.4 Å². The number of hydrogen-bond donors (Lipinski definition) is 5. The van der Waals surface area contributed by atoms with Gasteiger partial charge in [-0.1, -0.05) is 31.0 Å². The Morgan fingerprint density at radius 2 is 1.74 bits per heavy atom. The summed E-state index contributed by atoms with van der Waals surface area (Å²) >= 11 is 0. The van der Waals surface area contributed by atoms with Crippen molar-refractivity contribution in [2.45, 2.75) is 74.8 Å². The van der Waals surface area contributed by atoms with Crippen LogP contribution in [0.2, 0.25) is 0 Å². The second-order valence-corrected chi connectivity index (χ2v) is 10.8. The van der Waals surface area contributed by atoms with Gasteiger partial charge in [-0.3, -0.25) is 0 Å². The number of aryl methyl sites for hydroxylation is 1. The zero-order chi connectivity index (χ0) is 25.3.